The van der Waals surface area contributed by atoms with Crippen molar-refractivity contribution in [3.05, 3.63) is 99.5 Å². The Morgan fingerprint density at radius 1 is 0.919 bits per heavy atom. The molecule has 0 saturated heterocycles. The standard InChI is InChI=1S/C28H32BrN3O4S/c1-20-10-15-25(16-21(20)2)32(37(4,35)36)19-27(33)31(18-23-11-13-24(29)14-12-23)26(28(34)30-3)17-22-8-6-5-7-9-22/h5-16,26H,17-19H2,1-4H3,(H,30,34). The number of carbonyl (C=O) groups excluding carboxylic acids is 2. The first-order chi connectivity index (χ1) is 17.5. The number of halogens is 1. The number of hydrogen-bond donors (Lipinski definition) is 1. The van der Waals surface area contributed by atoms with Gasteiger partial charge in [-0.2, -0.15) is 0 Å². The molecule has 1 N–H and O–H groups in total. The van der Waals surface area contributed by atoms with Crippen LogP contribution in [0, 0.1) is 13.8 Å². The molecule has 1 atom stereocenters. The van der Waals surface area contributed by atoms with E-state index < -0.39 is 28.5 Å². The van der Waals surface area contributed by atoms with Crippen molar-refractivity contribution in [2.45, 2.75) is 32.9 Å². The fraction of sp³-hybridized carbons (Fsp3) is 0.286. The zero-order valence-electron chi connectivity index (χ0n) is 21.4. The number of aryl methyl sites for hydroxylation is 2. The SMILES string of the molecule is CNC(=O)C(Cc1ccccc1)N(Cc1ccc(Br)cc1)C(=O)CN(c1ccc(C)c(C)c1)S(C)(=O)=O. The second-order valence-electron chi connectivity index (χ2n) is 9.01. The Balaban J connectivity index is 2.03. The van der Waals surface area contributed by atoms with Crippen LogP contribution in [0.4, 0.5) is 5.69 Å². The molecule has 9 heteroatoms. The van der Waals surface area contributed by atoms with E-state index in [4.69, 9.17) is 0 Å². The van der Waals surface area contributed by atoms with E-state index in [9.17, 15) is 18.0 Å². The van der Waals surface area contributed by atoms with Gasteiger partial charge in [-0.1, -0.05) is 64.5 Å². The van der Waals surface area contributed by atoms with Crippen molar-refractivity contribution < 1.29 is 18.0 Å². The smallest absolute Gasteiger partial charge is 0.244 e. The van der Waals surface area contributed by atoms with Crippen molar-refractivity contribution >= 4 is 43.5 Å². The van der Waals surface area contributed by atoms with Gasteiger partial charge in [-0.15, -0.1) is 0 Å². The largest absolute Gasteiger partial charge is 0.357 e. The quantitative estimate of drug-likeness (QED) is 0.386. The number of amides is 2. The monoisotopic (exact) mass is 585 g/mol. The number of carbonyl (C=O) groups is 2. The van der Waals surface area contributed by atoms with Crippen molar-refractivity contribution in [3.63, 3.8) is 0 Å². The first-order valence-electron chi connectivity index (χ1n) is 11.8. The molecule has 37 heavy (non-hydrogen) atoms. The predicted octanol–water partition coefficient (Wildman–Crippen LogP) is 4.22. The van der Waals surface area contributed by atoms with Gasteiger partial charge in [-0.05, 0) is 60.4 Å². The van der Waals surface area contributed by atoms with Crippen LogP contribution in [0.5, 0.6) is 0 Å². The average Bonchev–Trinajstić information content (AvgIpc) is 2.87. The second kappa shape index (κ2) is 12.4. The van der Waals surface area contributed by atoms with Gasteiger partial charge in [0.25, 0.3) is 0 Å². The molecular weight excluding hydrogens is 554 g/mol. The number of benzene rings is 3. The summed E-state index contributed by atoms with van der Waals surface area (Å²) in [5, 5.41) is 2.67. The van der Waals surface area contributed by atoms with Gasteiger partial charge in [-0.25, -0.2) is 8.42 Å². The van der Waals surface area contributed by atoms with Crippen LogP contribution in [0.2, 0.25) is 0 Å². The van der Waals surface area contributed by atoms with E-state index in [1.807, 2.05) is 74.5 Å². The van der Waals surface area contributed by atoms with Crippen LogP contribution in [0.25, 0.3) is 0 Å². The normalized spacial score (nSPS) is 12.0. The van der Waals surface area contributed by atoms with Gasteiger partial charge in [0.05, 0.1) is 11.9 Å². The highest BCUT2D eigenvalue weighted by Crippen LogP contribution is 2.23. The van der Waals surface area contributed by atoms with E-state index in [1.165, 1.54) is 11.9 Å². The Morgan fingerprint density at radius 3 is 2.14 bits per heavy atom. The van der Waals surface area contributed by atoms with E-state index in [0.717, 1.165) is 37.3 Å². The molecule has 2 amide bonds. The molecule has 0 radical (unpaired) electrons. The van der Waals surface area contributed by atoms with Gasteiger partial charge in [0.2, 0.25) is 21.8 Å². The molecule has 0 heterocycles. The van der Waals surface area contributed by atoms with E-state index in [2.05, 4.69) is 21.2 Å². The summed E-state index contributed by atoms with van der Waals surface area (Å²) in [5.41, 5.74) is 4.04. The first kappa shape index (κ1) is 28.4. The Bertz CT molecular complexity index is 1350. The molecular formula is C28H32BrN3O4S. The van der Waals surface area contributed by atoms with Crippen LogP contribution in [-0.4, -0.2) is 51.0 Å². The molecule has 0 aliphatic heterocycles. The third-order valence-corrected chi connectivity index (χ3v) is 7.91. The van der Waals surface area contributed by atoms with Crippen molar-refractivity contribution in [2.24, 2.45) is 0 Å². The van der Waals surface area contributed by atoms with E-state index in [1.54, 1.807) is 12.1 Å². The van der Waals surface area contributed by atoms with E-state index >= 15 is 0 Å². The molecule has 0 spiro atoms. The minimum absolute atomic E-state index is 0.140. The third-order valence-electron chi connectivity index (χ3n) is 6.24. The average molecular weight is 587 g/mol. The number of anilines is 1. The van der Waals surface area contributed by atoms with Crippen molar-refractivity contribution in [2.75, 3.05) is 24.2 Å². The number of sulfonamides is 1. The molecule has 0 fully saturated rings. The number of rotatable bonds is 10. The lowest BCUT2D eigenvalue weighted by Crippen LogP contribution is -2.52. The molecule has 0 aliphatic carbocycles. The number of likely N-dealkylation sites (N-methyl/N-ethyl adjacent to an activating group) is 1. The van der Waals surface area contributed by atoms with Crippen LogP contribution >= 0.6 is 15.9 Å². The van der Waals surface area contributed by atoms with Crippen LogP contribution in [0.1, 0.15) is 22.3 Å². The molecule has 0 saturated carbocycles. The lowest BCUT2D eigenvalue weighted by molar-refractivity contribution is -0.139. The van der Waals surface area contributed by atoms with Gasteiger partial charge >= 0.3 is 0 Å². The van der Waals surface area contributed by atoms with Gasteiger partial charge in [0, 0.05) is 24.5 Å². The summed E-state index contributed by atoms with van der Waals surface area (Å²) in [6, 6.07) is 21.3. The highest BCUT2D eigenvalue weighted by Gasteiger charge is 2.32. The summed E-state index contributed by atoms with van der Waals surface area (Å²) >= 11 is 3.42. The molecule has 3 aromatic carbocycles. The molecule has 0 bridgehead atoms. The Kier molecular flexibility index (Phi) is 9.50. The summed E-state index contributed by atoms with van der Waals surface area (Å²) in [7, 11) is -2.26. The highest BCUT2D eigenvalue weighted by molar-refractivity contribution is 9.10. The Labute approximate surface area is 227 Å². The minimum atomic E-state index is -3.79. The summed E-state index contributed by atoms with van der Waals surface area (Å²) in [5.74, 6) is -0.803. The molecule has 196 valence electrons. The van der Waals surface area contributed by atoms with Crippen LogP contribution in [0.15, 0.2) is 77.3 Å². The van der Waals surface area contributed by atoms with Crippen LogP contribution < -0.4 is 9.62 Å². The summed E-state index contributed by atoms with van der Waals surface area (Å²) < 4.78 is 27.6. The molecule has 3 aromatic rings. The maximum Gasteiger partial charge on any atom is 0.244 e. The maximum absolute atomic E-state index is 13.9. The lowest BCUT2D eigenvalue weighted by atomic mass is 10.0. The summed E-state index contributed by atoms with van der Waals surface area (Å²) in [6.45, 7) is 3.54. The van der Waals surface area contributed by atoms with Crippen molar-refractivity contribution in [1.82, 2.24) is 10.2 Å². The topological polar surface area (TPSA) is 86.8 Å². The fourth-order valence-electron chi connectivity index (χ4n) is 4.00. The molecule has 0 aromatic heterocycles. The summed E-state index contributed by atoms with van der Waals surface area (Å²) in [4.78, 5) is 28.4. The zero-order valence-corrected chi connectivity index (χ0v) is 23.8. The fourth-order valence-corrected chi connectivity index (χ4v) is 5.11. The first-order valence-corrected chi connectivity index (χ1v) is 14.5. The molecule has 0 aliphatic rings. The second-order valence-corrected chi connectivity index (χ2v) is 11.8. The maximum atomic E-state index is 13.9. The van der Waals surface area contributed by atoms with Gasteiger partial charge in [-0.3, -0.25) is 13.9 Å². The number of nitrogens with one attached hydrogen (secondary N) is 1. The van der Waals surface area contributed by atoms with Crippen molar-refractivity contribution in [1.29, 1.82) is 0 Å². The lowest BCUT2D eigenvalue weighted by Gasteiger charge is -2.33. The van der Waals surface area contributed by atoms with Gasteiger partial charge in [0.1, 0.15) is 12.6 Å². The van der Waals surface area contributed by atoms with Crippen LogP contribution in [0.3, 0.4) is 0 Å². The molecule has 3 rings (SSSR count). The zero-order chi connectivity index (χ0) is 27.2. The Hall–Kier alpha value is -3.17. The summed E-state index contributed by atoms with van der Waals surface area (Å²) in [6.07, 6.45) is 1.36. The van der Waals surface area contributed by atoms with Gasteiger partial charge in [0.15, 0.2) is 0 Å². The highest BCUT2D eigenvalue weighted by atomic mass is 79.9. The number of nitrogens with zero attached hydrogens (tertiary/aromatic N) is 2. The molecule has 1 unspecified atom stereocenters. The van der Waals surface area contributed by atoms with Crippen molar-refractivity contribution in [3.8, 4) is 0 Å². The van der Waals surface area contributed by atoms with E-state index in [-0.39, 0.29) is 18.9 Å². The van der Waals surface area contributed by atoms with E-state index in [0.29, 0.717) is 5.69 Å². The minimum Gasteiger partial charge on any atom is -0.357 e. The van der Waals surface area contributed by atoms with Gasteiger partial charge < -0.3 is 10.2 Å². The Morgan fingerprint density at radius 2 is 1.57 bits per heavy atom. The van der Waals surface area contributed by atoms with Crippen LogP contribution in [-0.2, 0) is 32.6 Å². The molecule has 7 nitrogen and oxygen atoms in total. The third kappa shape index (κ3) is 7.66. The number of hydrogen-bond acceptors (Lipinski definition) is 4. The predicted molar refractivity (Wildman–Crippen MR) is 151 cm³/mol.